The Balaban J connectivity index is 1.51. The third-order valence-electron chi connectivity index (χ3n) is 6.84. The average Bonchev–Trinajstić information content (AvgIpc) is 3.53. The zero-order chi connectivity index (χ0) is 24.1. The van der Waals surface area contributed by atoms with E-state index in [-0.39, 0.29) is 0 Å². The lowest BCUT2D eigenvalue weighted by Crippen LogP contribution is -1.96. The Bertz CT molecular complexity index is 1930. The number of nitrogens with zero attached hydrogens (tertiary/aromatic N) is 4. The smallest absolute Gasteiger partial charge is 0.0991 e. The van der Waals surface area contributed by atoms with Crippen LogP contribution in [0.25, 0.3) is 55.2 Å². The molecule has 0 aliphatic heterocycles. The molecule has 4 heteroatoms. The van der Waals surface area contributed by atoms with Crippen LogP contribution in [0.3, 0.4) is 0 Å². The average molecular weight is 461 g/mol. The van der Waals surface area contributed by atoms with Crippen LogP contribution >= 0.6 is 0 Å². The van der Waals surface area contributed by atoms with Crippen molar-refractivity contribution in [2.75, 3.05) is 0 Å². The normalized spacial score (nSPS) is 11.3. The molecule has 7 aromatic rings. The third-order valence-corrected chi connectivity index (χ3v) is 6.84. The zero-order valence-electron chi connectivity index (χ0n) is 19.3. The first-order chi connectivity index (χ1) is 17.8. The molecule has 0 spiro atoms. The molecular formula is C32H20N4. The lowest BCUT2D eigenvalue weighted by atomic mass is 10.0. The van der Waals surface area contributed by atoms with Crippen LogP contribution in [0.5, 0.6) is 0 Å². The van der Waals surface area contributed by atoms with E-state index in [1.807, 2.05) is 53.3 Å². The summed E-state index contributed by atoms with van der Waals surface area (Å²) in [4.78, 5) is 0. The summed E-state index contributed by atoms with van der Waals surface area (Å²) in [6.07, 6.45) is 1.98. The minimum Gasteiger partial charge on any atom is -0.308 e. The number of rotatable bonds is 3. The van der Waals surface area contributed by atoms with Crippen molar-refractivity contribution in [2.24, 2.45) is 0 Å². The van der Waals surface area contributed by atoms with Crippen LogP contribution in [0.2, 0.25) is 0 Å². The second-order valence-corrected chi connectivity index (χ2v) is 8.88. The maximum absolute atomic E-state index is 9.17. The fraction of sp³-hybridized carbons (Fsp3) is 0. The number of fused-ring (bicyclic) bond motifs is 5. The van der Waals surface area contributed by atoms with E-state index in [9.17, 15) is 5.26 Å². The van der Waals surface area contributed by atoms with Gasteiger partial charge in [-0.1, -0.05) is 60.7 Å². The number of para-hydroxylation sites is 2. The molecule has 0 saturated carbocycles. The lowest BCUT2D eigenvalue weighted by molar-refractivity contribution is 0.911. The summed E-state index contributed by atoms with van der Waals surface area (Å²) in [5.74, 6) is 0. The molecule has 0 N–H and O–H groups in total. The van der Waals surface area contributed by atoms with Crippen LogP contribution in [-0.4, -0.2) is 14.3 Å². The van der Waals surface area contributed by atoms with Gasteiger partial charge in [-0.3, -0.25) is 0 Å². The van der Waals surface area contributed by atoms with Gasteiger partial charge in [-0.2, -0.15) is 10.4 Å². The summed E-state index contributed by atoms with van der Waals surface area (Å²) in [6.45, 7) is 0. The van der Waals surface area contributed by atoms with E-state index < -0.39 is 0 Å². The second-order valence-electron chi connectivity index (χ2n) is 8.88. The highest BCUT2D eigenvalue weighted by atomic mass is 15.3. The molecule has 4 nitrogen and oxygen atoms in total. The molecule has 0 atom stereocenters. The van der Waals surface area contributed by atoms with Crippen molar-refractivity contribution in [2.45, 2.75) is 0 Å². The Kier molecular flexibility index (Phi) is 4.48. The minimum absolute atomic E-state index is 0.662. The van der Waals surface area contributed by atoms with E-state index in [2.05, 4.69) is 83.4 Å². The zero-order valence-corrected chi connectivity index (χ0v) is 19.3. The molecule has 0 fully saturated rings. The van der Waals surface area contributed by atoms with Crippen LogP contribution in [0.1, 0.15) is 5.56 Å². The first-order valence-corrected chi connectivity index (χ1v) is 11.9. The molecule has 0 aliphatic rings. The molecule has 2 aromatic heterocycles. The van der Waals surface area contributed by atoms with Gasteiger partial charge in [-0.25, -0.2) is 4.68 Å². The molecule has 0 amide bonds. The first kappa shape index (κ1) is 20.3. The number of hydrogen-bond acceptors (Lipinski definition) is 2. The summed E-state index contributed by atoms with van der Waals surface area (Å²) in [5, 5.41) is 17.5. The maximum Gasteiger partial charge on any atom is 0.0991 e. The van der Waals surface area contributed by atoms with Crippen LogP contribution in [0, 0.1) is 11.3 Å². The molecule has 36 heavy (non-hydrogen) atoms. The lowest BCUT2D eigenvalue weighted by Gasteiger charge is -2.11. The van der Waals surface area contributed by atoms with Gasteiger partial charge in [0.15, 0.2) is 0 Å². The molecule has 0 bridgehead atoms. The highest BCUT2D eigenvalue weighted by Gasteiger charge is 2.17. The quantitative estimate of drug-likeness (QED) is 0.272. The Labute approximate surface area is 207 Å². The van der Waals surface area contributed by atoms with Gasteiger partial charge in [0.25, 0.3) is 0 Å². The summed E-state index contributed by atoms with van der Waals surface area (Å²) in [5.41, 5.74) is 8.35. The highest BCUT2D eigenvalue weighted by molar-refractivity contribution is 6.18. The van der Waals surface area contributed by atoms with Crippen molar-refractivity contribution in [3.8, 4) is 28.6 Å². The van der Waals surface area contributed by atoms with Crippen molar-refractivity contribution in [1.82, 2.24) is 14.3 Å². The second kappa shape index (κ2) is 7.97. The summed E-state index contributed by atoms with van der Waals surface area (Å²) in [6, 6.07) is 41.7. The van der Waals surface area contributed by atoms with Crippen LogP contribution < -0.4 is 0 Å². The fourth-order valence-electron chi connectivity index (χ4n) is 5.17. The Morgan fingerprint density at radius 1 is 0.583 bits per heavy atom. The van der Waals surface area contributed by atoms with Crippen molar-refractivity contribution in [1.29, 1.82) is 5.26 Å². The summed E-state index contributed by atoms with van der Waals surface area (Å²) in [7, 11) is 0. The number of hydrogen-bond donors (Lipinski definition) is 0. The number of nitriles is 1. The van der Waals surface area contributed by atoms with Crippen molar-refractivity contribution in [3.63, 3.8) is 0 Å². The fourth-order valence-corrected chi connectivity index (χ4v) is 5.17. The number of benzene rings is 5. The van der Waals surface area contributed by atoms with Gasteiger partial charge < -0.3 is 4.57 Å². The van der Waals surface area contributed by atoms with Crippen molar-refractivity contribution in [3.05, 3.63) is 127 Å². The van der Waals surface area contributed by atoms with E-state index in [0.29, 0.717) is 5.56 Å². The van der Waals surface area contributed by atoms with Crippen molar-refractivity contribution < 1.29 is 0 Å². The molecule has 2 heterocycles. The van der Waals surface area contributed by atoms with Gasteiger partial charge in [0, 0.05) is 21.8 Å². The molecular weight excluding hydrogens is 440 g/mol. The van der Waals surface area contributed by atoms with Crippen LogP contribution in [0.15, 0.2) is 121 Å². The Morgan fingerprint density at radius 2 is 1.36 bits per heavy atom. The molecule has 168 valence electrons. The monoisotopic (exact) mass is 460 g/mol. The van der Waals surface area contributed by atoms with Crippen molar-refractivity contribution >= 4 is 32.7 Å². The Morgan fingerprint density at radius 3 is 2.19 bits per heavy atom. The van der Waals surface area contributed by atoms with Gasteiger partial charge in [-0.15, -0.1) is 0 Å². The SMILES string of the molecule is N#Cc1ccc(-c2cccc(-n3c4ccccc4c4ccc5c(cnn5-c5ccccc5)c43)c2)cc1. The third kappa shape index (κ3) is 3.04. The van der Waals surface area contributed by atoms with E-state index >= 15 is 0 Å². The molecule has 5 aromatic carbocycles. The maximum atomic E-state index is 9.17. The Hall–Kier alpha value is -5.14. The van der Waals surface area contributed by atoms with Gasteiger partial charge in [0.05, 0.1) is 40.1 Å². The van der Waals surface area contributed by atoms with Crippen LogP contribution in [0.4, 0.5) is 0 Å². The highest BCUT2D eigenvalue weighted by Crippen LogP contribution is 2.37. The molecule has 0 aliphatic carbocycles. The molecule has 7 rings (SSSR count). The molecule has 0 radical (unpaired) electrons. The van der Waals surface area contributed by atoms with E-state index in [4.69, 9.17) is 5.10 Å². The van der Waals surface area contributed by atoms with Gasteiger partial charge in [-0.05, 0) is 65.7 Å². The van der Waals surface area contributed by atoms with Gasteiger partial charge in [0.1, 0.15) is 0 Å². The summed E-state index contributed by atoms with van der Waals surface area (Å²) < 4.78 is 4.35. The first-order valence-electron chi connectivity index (χ1n) is 11.9. The standard InChI is InChI=1S/C32H20N4/c33-20-22-13-15-23(16-14-22)24-7-6-10-26(19-24)35-30-12-5-4-11-27(30)28-17-18-31-29(32(28)35)21-34-36(31)25-8-2-1-3-9-25/h1-19,21H. The molecule has 0 saturated heterocycles. The van der Waals surface area contributed by atoms with E-state index in [1.54, 1.807) is 0 Å². The number of aromatic nitrogens is 3. The minimum atomic E-state index is 0.662. The van der Waals surface area contributed by atoms with Gasteiger partial charge >= 0.3 is 0 Å². The predicted octanol–water partition coefficient (Wildman–Crippen LogP) is 7.66. The molecule has 0 unspecified atom stereocenters. The van der Waals surface area contributed by atoms with Crippen LogP contribution in [-0.2, 0) is 0 Å². The topological polar surface area (TPSA) is 46.5 Å². The van der Waals surface area contributed by atoms with E-state index in [1.165, 1.54) is 10.8 Å². The largest absolute Gasteiger partial charge is 0.308 e. The predicted molar refractivity (Wildman–Crippen MR) is 146 cm³/mol. The van der Waals surface area contributed by atoms with E-state index in [0.717, 1.165) is 44.4 Å². The van der Waals surface area contributed by atoms with Gasteiger partial charge in [0.2, 0.25) is 0 Å². The summed E-state index contributed by atoms with van der Waals surface area (Å²) >= 11 is 0.